The molecule has 4 nitrogen and oxygen atoms in total. The Hall–Kier alpha value is -0.610. The average Bonchev–Trinajstić information content (AvgIpc) is 2.89. The van der Waals surface area contributed by atoms with E-state index in [0.717, 1.165) is 51.9 Å². The Morgan fingerprint density at radius 2 is 2.28 bits per heavy atom. The van der Waals surface area contributed by atoms with E-state index in [1.54, 1.807) is 0 Å². The molecular formula is C14H26N2O2. The van der Waals surface area contributed by atoms with Gasteiger partial charge >= 0.3 is 0 Å². The maximum Gasteiger partial charge on any atom is 0.225 e. The summed E-state index contributed by atoms with van der Waals surface area (Å²) in [4.78, 5) is 14.5. The molecule has 4 heteroatoms. The average molecular weight is 254 g/mol. The van der Waals surface area contributed by atoms with Gasteiger partial charge in [-0.25, -0.2) is 0 Å². The van der Waals surface area contributed by atoms with Gasteiger partial charge in [0, 0.05) is 25.7 Å². The standard InChI is InChI=1S/C14H26N2O2/c1-2-8-16(12-5-3-7-15-11-12)14(17)10-13-6-4-9-18-13/h12-13,15H,2-11H2,1H3. The third-order valence-electron chi connectivity index (χ3n) is 3.92. The predicted octanol–water partition coefficient (Wildman–Crippen LogP) is 1.55. The molecule has 1 N–H and O–H groups in total. The quantitative estimate of drug-likeness (QED) is 0.809. The number of nitrogens with zero attached hydrogens (tertiary/aromatic N) is 1. The Morgan fingerprint density at radius 3 is 2.89 bits per heavy atom. The lowest BCUT2D eigenvalue weighted by molar-refractivity contribution is -0.136. The zero-order valence-corrected chi connectivity index (χ0v) is 11.5. The minimum Gasteiger partial charge on any atom is -0.378 e. The van der Waals surface area contributed by atoms with E-state index in [9.17, 15) is 4.79 Å². The molecular weight excluding hydrogens is 228 g/mol. The van der Waals surface area contributed by atoms with Crippen LogP contribution in [-0.2, 0) is 9.53 Å². The molecule has 0 bridgehead atoms. The van der Waals surface area contributed by atoms with Crippen LogP contribution in [0.25, 0.3) is 0 Å². The van der Waals surface area contributed by atoms with Crippen LogP contribution in [0.1, 0.15) is 45.4 Å². The van der Waals surface area contributed by atoms with E-state index >= 15 is 0 Å². The lowest BCUT2D eigenvalue weighted by Gasteiger charge is -2.35. The Labute approximate surface area is 110 Å². The molecule has 2 aliphatic rings. The molecule has 2 aliphatic heterocycles. The van der Waals surface area contributed by atoms with Crippen LogP contribution in [0.4, 0.5) is 0 Å². The van der Waals surface area contributed by atoms with E-state index < -0.39 is 0 Å². The van der Waals surface area contributed by atoms with Crippen molar-refractivity contribution in [3.8, 4) is 0 Å². The van der Waals surface area contributed by atoms with E-state index in [0.29, 0.717) is 12.5 Å². The van der Waals surface area contributed by atoms with Crippen LogP contribution >= 0.6 is 0 Å². The fraction of sp³-hybridized carbons (Fsp3) is 0.929. The maximum atomic E-state index is 12.4. The fourth-order valence-corrected chi connectivity index (χ4v) is 2.97. The number of amides is 1. The Morgan fingerprint density at radius 1 is 1.39 bits per heavy atom. The molecule has 0 aromatic heterocycles. The van der Waals surface area contributed by atoms with Gasteiger partial charge in [0.05, 0.1) is 12.5 Å². The number of hydrogen-bond donors (Lipinski definition) is 1. The molecule has 1 amide bonds. The SMILES string of the molecule is CCCN(C(=O)CC1CCCO1)C1CCCNC1. The lowest BCUT2D eigenvalue weighted by Crippen LogP contribution is -2.49. The molecule has 0 spiro atoms. The Bertz CT molecular complexity index is 259. The minimum atomic E-state index is 0.174. The smallest absolute Gasteiger partial charge is 0.225 e. The van der Waals surface area contributed by atoms with Gasteiger partial charge in [0.1, 0.15) is 0 Å². The highest BCUT2D eigenvalue weighted by Crippen LogP contribution is 2.19. The zero-order chi connectivity index (χ0) is 12.8. The van der Waals surface area contributed by atoms with Crippen LogP contribution in [0, 0.1) is 0 Å². The van der Waals surface area contributed by atoms with Gasteiger partial charge in [-0.3, -0.25) is 4.79 Å². The molecule has 2 rings (SSSR count). The van der Waals surface area contributed by atoms with Crippen molar-refractivity contribution < 1.29 is 9.53 Å². The molecule has 0 saturated carbocycles. The second-order valence-electron chi connectivity index (χ2n) is 5.43. The highest BCUT2D eigenvalue weighted by atomic mass is 16.5. The first-order valence-corrected chi connectivity index (χ1v) is 7.43. The summed E-state index contributed by atoms with van der Waals surface area (Å²) >= 11 is 0. The lowest BCUT2D eigenvalue weighted by atomic mass is 10.0. The summed E-state index contributed by atoms with van der Waals surface area (Å²) in [6.07, 6.45) is 6.27. The first kappa shape index (κ1) is 13.8. The van der Waals surface area contributed by atoms with Crippen LogP contribution in [0.2, 0.25) is 0 Å². The third kappa shape index (κ3) is 3.69. The number of carbonyl (C=O) groups is 1. The number of carbonyl (C=O) groups excluding carboxylic acids is 1. The van der Waals surface area contributed by atoms with Gasteiger partial charge in [-0.2, -0.15) is 0 Å². The molecule has 0 aromatic rings. The van der Waals surface area contributed by atoms with Gasteiger partial charge in [-0.1, -0.05) is 6.92 Å². The first-order chi connectivity index (χ1) is 8.81. The van der Waals surface area contributed by atoms with Gasteiger partial charge in [-0.15, -0.1) is 0 Å². The van der Waals surface area contributed by atoms with E-state index in [1.165, 1.54) is 6.42 Å². The van der Waals surface area contributed by atoms with Crippen LogP contribution < -0.4 is 5.32 Å². The molecule has 2 unspecified atom stereocenters. The molecule has 2 saturated heterocycles. The van der Waals surface area contributed by atoms with Crippen molar-refractivity contribution >= 4 is 5.91 Å². The van der Waals surface area contributed by atoms with Gasteiger partial charge in [0.2, 0.25) is 5.91 Å². The molecule has 0 aliphatic carbocycles. The molecule has 104 valence electrons. The van der Waals surface area contributed by atoms with Crippen molar-refractivity contribution in [1.82, 2.24) is 10.2 Å². The van der Waals surface area contributed by atoms with E-state index in [4.69, 9.17) is 4.74 Å². The van der Waals surface area contributed by atoms with Gasteiger partial charge in [-0.05, 0) is 38.6 Å². The first-order valence-electron chi connectivity index (χ1n) is 7.43. The highest BCUT2D eigenvalue weighted by Gasteiger charge is 2.27. The van der Waals surface area contributed by atoms with E-state index in [-0.39, 0.29) is 12.0 Å². The topological polar surface area (TPSA) is 41.6 Å². The van der Waals surface area contributed by atoms with Crippen molar-refractivity contribution in [1.29, 1.82) is 0 Å². The molecule has 18 heavy (non-hydrogen) atoms. The van der Waals surface area contributed by atoms with Gasteiger partial charge in [0.25, 0.3) is 0 Å². The Balaban J connectivity index is 1.87. The summed E-state index contributed by atoms with van der Waals surface area (Å²) in [7, 11) is 0. The molecule has 2 fully saturated rings. The number of hydrogen-bond acceptors (Lipinski definition) is 3. The van der Waals surface area contributed by atoms with Crippen molar-refractivity contribution in [2.45, 2.75) is 57.6 Å². The van der Waals surface area contributed by atoms with E-state index in [1.807, 2.05) is 0 Å². The van der Waals surface area contributed by atoms with Crippen LogP contribution in [0.5, 0.6) is 0 Å². The van der Waals surface area contributed by atoms with Crippen LogP contribution in [0.3, 0.4) is 0 Å². The number of nitrogens with one attached hydrogen (secondary N) is 1. The van der Waals surface area contributed by atoms with Crippen LogP contribution in [-0.4, -0.2) is 49.2 Å². The predicted molar refractivity (Wildman–Crippen MR) is 71.5 cm³/mol. The second-order valence-corrected chi connectivity index (χ2v) is 5.43. The summed E-state index contributed by atoms with van der Waals surface area (Å²) in [6, 6.07) is 0.396. The fourth-order valence-electron chi connectivity index (χ4n) is 2.97. The van der Waals surface area contributed by atoms with Gasteiger partial charge in [0.15, 0.2) is 0 Å². The second kappa shape index (κ2) is 7.10. The largest absolute Gasteiger partial charge is 0.378 e. The van der Waals surface area contributed by atoms with Crippen molar-refractivity contribution in [2.24, 2.45) is 0 Å². The number of rotatable bonds is 5. The number of ether oxygens (including phenoxy) is 1. The molecule has 0 aromatic carbocycles. The van der Waals surface area contributed by atoms with E-state index in [2.05, 4.69) is 17.1 Å². The monoisotopic (exact) mass is 254 g/mol. The zero-order valence-electron chi connectivity index (χ0n) is 11.5. The van der Waals surface area contributed by atoms with Crippen molar-refractivity contribution in [3.05, 3.63) is 0 Å². The minimum absolute atomic E-state index is 0.174. The molecule has 0 radical (unpaired) electrons. The summed E-state index contributed by atoms with van der Waals surface area (Å²) in [6.45, 7) is 5.91. The summed E-state index contributed by atoms with van der Waals surface area (Å²) < 4.78 is 5.58. The molecule has 2 atom stereocenters. The Kier molecular flexibility index (Phi) is 5.45. The van der Waals surface area contributed by atoms with Crippen molar-refractivity contribution in [3.63, 3.8) is 0 Å². The number of piperidine rings is 1. The van der Waals surface area contributed by atoms with Gasteiger partial charge < -0.3 is 15.0 Å². The highest BCUT2D eigenvalue weighted by molar-refractivity contribution is 5.77. The normalized spacial score (nSPS) is 28.3. The van der Waals surface area contributed by atoms with Crippen LogP contribution in [0.15, 0.2) is 0 Å². The summed E-state index contributed by atoms with van der Waals surface area (Å²) in [5.74, 6) is 0.289. The third-order valence-corrected chi connectivity index (χ3v) is 3.92. The molecule has 2 heterocycles. The maximum absolute atomic E-state index is 12.4. The summed E-state index contributed by atoms with van der Waals surface area (Å²) in [5.41, 5.74) is 0. The van der Waals surface area contributed by atoms with Crippen molar-refractivity contribution in [2.75, 3.05) is 26.2 Å². The summed E-state index contributed by atoms with van der Waals surface area (Å²) in [5, 5.41) is 3.40.